The van der Waals surface area contributed by atoms with Crippen LogP contribution >= 0.6 is 15.9 Å². The summed E-state index contributed by atoms with van der Waals surface area (Å²) >= 11 is 3.37. The predicted molar refractivity (Wildman–Crippen MR) is 74.2 cm³/mol. The summed E-state index contributed by atoms with van der Waals surface area (Å²) in [6, 6.07) is 3.65. The fourth-order valence-corrected chi connectivity index (χ4v) is 2.22. The van der Waals surface area contributed by atoms with Crippen molar-refractivity contribution in [1.82, 2.24) is 10.1 Å². The van der Waals surface area contributed by atoms with E-state index in [4.69, 9.17) is 9.84 Å². The van der Waals surface area contributed by atoms with Gasteiger partial charge in [-0.05, 0) is 30.7 Å². The summed E-state index contributed by atoms with van der Waals surface area (Å²) in [5, 5.41) is 12.4. The highest BCUT2D eigenvalue weighted by atomic mass is 79.9. The summed E-state index contributed by atoms with van der Waals surface area (Å²) in [5.74, 6) is -0.0253. The smallest absolute Gasteiger partial charge is 0.328 e. The first-order valence-electron chi connectivity index (χ1n) is 5.65. The van der Waals surface area contributed by atoms with Gasteiger partial charge in [0, 0.05) is 16.1 Å². The molecule has 0 amide bonds. The second-order valence-electron chi connectivity index (χ2n) is 3.95. The zero-order valence-electron chi connectivity index (χ0n) is 10.5. The molecular formula is C13H11BrN2O4. The molecule has 104 valence electrons. The summed E-state index contributed by atoms with van der Waals surface area (Å²) in [7, 11) is 0. The largest absolute Gasteiger partial charge is 0.485 e. The second-order valence-corrected chi connectivity index (χ2v) is 4.86. The fraction of sp³-hybridized carbons (Fsp3) is 0.154. The van der Waals surface area contributed by atoms with Crippen LogP contribution in [0, 0.1) is 6.92 Å². The van der Waals surface area contributed by atoms with Crippen LogP contribution in [0.5, 0.6) is 5.75 Å². The summed E-state index contributed by atoms with van der Waals surface area (Å²) in [6.07, 6.45) is 3.76. The van der Waals surface area contributed by atoms with Crippen LogP contribution in [0.3, 0.4) is 0 Å². The molecule has 0 bridgehead atoms. The van der Waals surface area contributed by atoms with Crippen molar-refractivity contribution < 1.29 is 19.2 Å². The van der Waals surface area contributed by atoms with Crippen molar-refractivity contribution in [3.63, 3.8) is 0 Å². The third kappa shape index (κ3) is 3.67. The molecule has 7 heteroatoms. The van der Waals surface area contributed by atoms with Crippen molar-refractivity contribution in [3.05, 3.63) is 46.0 Å². The Morgan fingerprint density at radius 3 is 3.00 bits per heavy atom. The van der Waals surface area contributed by atoms with E-state index in [1.54, 1.807) is 6.07 Å². The third-order valence-corrected chi connectivity index (χ3v) is 2.88. The Morgan fingerprint density at radius 2 is 2.35 bits per heavy atom. The highest BCUT2D eigenvalue weighted by Gasteiger charge is 2.09. The first-order valence-corrected chi connectivity index (χ1v) is 6.45. The van der Waals surface area contributed by atoms with Crippen LogP contribution < -0.4 is 4.74 Å². The topological polar surface area (TPSA) is 85.5 Å². The number of hydrogen-bond acceptors (Lipinski definition) is 5. The van der Waals surface area contributed by atoms with Gasteiger partial charge in [0.25, 0.3) is 0 Å². The number of benzene rings is 1. The number of rotatable bonds is 5. The zero-order valence-corrected chi connectivity index (χ0v) is 12.1. The molecule has 0 saturated carbocycles. The molecule has 0 unspecified atom stereocenters. The first-order chi connectivity index (χ1) is 9.56. The van der Waals surface area contributed by atoms with Gasteiger partial charge < -0.3 is 14.4 Å². The van der Waals surface area contributed by atoms with Crippen molar-refractivity contribution in [2.75, 3.05) is 0 Å². The van der Waals surface area contributed by atoms with E-state index in [9.17, 15) is 4.79 Å². The lowest BCUT2D eigenvalue weighted by atomic mass is 10.1. The number of halogens is 1. The first kappa shape index (κ1) is 14.3. The molecule has 1 heterocycles. The number of aliphatic carboxylic acids is 1. The Balaban J connectivity index is 2.27. The molecule has 0 fully saturated rings. The van der Waals surface area contributed by atoms with Gasteiger partial charge in [-0.25, -0.2) is 4.79 Å². The number of carboxylic acid groups (broad SMARTS) is 1. The standard InChI is InChI=1S/C13H11BrN2O4/c1-8-4-10(14)5-9(2-3-12(17)18)13(8)19-6-11-15-7-20-16-11/h2-5,7H,6H2,1H3,(H,17,18)/b3-2+. The Kier molecular flexibility index (Phi) is 4.52. The molecule has 1 aromatic carbocycles. The number of ether oxygens (including phenoxy) is 1. The van der Waals surface area contributed by atoms with Gasteiger partial charge in [0.05, 0.1) is 0 Å². The number of nitrogens with zero attached hydrogens (tertiary/aromatic N) is 2. The highest BCUT2D eigenvalue weighted by molar-refractivity contribution is 9.10. The maximum Gasteiger partial charge on any atom is 0.328 e. The van der Waals surface area contributed by atoms with Gasteiger partial charge in [0.15, 0.2) is 6.61 Å². The quantitative estimate of drug-likeness (QED) is 0.843. The molecule has 0 atom stereocenters. The van der Waals surface area contributed by atoms with E-state index in [-0.39, 0.29) is 6.61 Å². The van der Waals surface area contributed by atoms with Crippen molar-refractivity contribution in [2.24, 2.45) is 0 Å². The lowest BCUT2D eigenvalue weighted by molar-refractivity contribution is -0.131. The van der Waals surface area contributed by atoms with Gasteiger partial charge in [0.1, 0.15) is 5.75 Å². The van der Waals surface area contributed by atoms with Crippen LogP contribution in [0.1, 0.15) is 17.0 Å². The second kappa shape index (κ2) is 6.33. The summed E-state index contributed by atoms with van der Waals surface area (Å²) < 4.78 is 11.1. The molecular weight excluding hydrogens is 328 g/mol. The third-order valence-electron chi connectivity index (χ3n) is 2.43. The lowest BCUT2D eigenvalue weighted by Gasteiger charge is -2.11. The van der Waals surface area contributed by atoms with Crippen LogP contribution in [0.2, 0.25) is 0 Å². The minimum atomic E-state index is -1.02. The van der Waals surface area contributed by atoms with Crippen molar-refractivity contribution >= 4 is 28.0 Å². The normalized spacial score (nSPS) is 10.9. The Morgan fingerprint density at radius 1 is 1.55 bits per heavy atom. The van der Waals surface area contributed by atoms with Crippen LogP contribution in [0.4, 0.5) is 0 Å². The van der Waals surface area contributed by atoms with E-state index in [0.717, 1.165) is 16.1 Å². The van der Waals surface area contributed by atoms with Crippen LogP contribution in [0.25, 0.3) is 6.08 Å². The number of aryl methyl sites for hydroxylation is 1. The van der Waals surface area contributed by atoms with Crippen molar-refractivity contribution in [3.8, 4) is 5.75 Å². The fourth-order valence-electron chi connectivity index (χ4n) is 1.63. The number of carbonyl (C=O) groups is 1. The van der Waals surface area contributed by atoms with E-state index in [0.29, 0.717) is 17.1 Å². The Labute approximate surface area is 123 Å². The molecule has 2 rings (SSSR count). The molecule has 0 radical (unpaired) electrons. The van der Waals surface area contributed by atoms with Crippen LogP contribution in [-0.4, -0.2) is 21.2 Å². The monoisotopic (exact) mass is 338 g/mol. The minimum absolute atomic E-state index is 0.146. The maximum atomic E-state index is 10.6. The lowest BCUT2D eigenvalue weighted by Crippen LogP contribution is -2.01. The van der Waals surface area contributed by atoms with Gasteiger partial charge in [-0.15, -0.1) is 0 Å². The molecule has 0 saturated heterocycles. The summed E-state index contributed by atoms with van der Waals surface area (Å²) in [5.41, 5.74) is 1.52. The van der Waals surface area contributed by atoms with Crippen LogP contribution in [-0.2, 0) is 11.4 Å². The average Bonchev–Trinajstić information content (AvgIpc) is 2.88. The van der Waals surface area contributed by atoms with E-state index >= 15 is 0 Å². The van der Waals surface area contributed by atoms with Gasteiger partial charge >= 0.3 is 5.97 Å². The molecule has 2 aromatic rings. The molecule has 0 aliphatic rings. The van der Waals surface area contributed by atoms with Crippen LogP contribution in [0.15, 0.2) is 33.6 Å². The Hall–Kier alpha value is -2.15. The van der Waals surface area contributed by atoms with Gasteiger partial charge in [0.2, 0.25) is 12.2 Å². The minimum Gasteiger partial charge on any atom is -0.485 e. The Bertz CT molecular complexity index is 638. The maximum absolute atomic E-state index is 10.6. The van der Waals surface area contributed by atoms with E-state index in [1.807, 2.05) is 13.0 Å². The SMILES string of the molecule is Cc1cc(Br)cc(/C=C/C(=O)O)c1OCc1ncon1. The molecule has 1 aromatic heterocycles. The van der Waals surface area contributed by atoms with Crippen molar-refractivity contribution in [2.45, 2.75) is 13.5 Å². The number of hydrogen-bond donors (Lipinski definition) is 1. The molecule has 6 nitrogen and oxygen atoms in total. The zero-order chi connectivity index (χ0) is 14.5. The predicted octanol–water partition coefficient (Wildman–Crippen LogP) is 2.82. The van der Waals surface area contributed by atoms with E-state index < -0.39 is 5.97 Å². The molecule has 1 N–H and O–H groups in total. The van der Waals surface area contributed by atoms with Gasteiger partial charge in [-0.1, -0.05) is 21.1 Å². The van der Waals surface area contributed by atoms with Crippen molar-refractivity contribution in [1.29, 1.82) is 0 Å². The summed E-state index contributed by atoms with van der Waals surface area (Å²) in [6.45, 7) is 2.02. The van der Waals surface area contributed by atoms with Gasteiger partial charge in [-0.2, -0.15) is 4.98 Å². The highest BCUT2D eigenvalue weighted by Crippen LogP contribution is 2.29. The molecule has 20 heavy (non-hydrogen) atoms. The number of aromatic nitrogens is 2. The van der Waals surface area contributed by atoms with E-state index in [2.05, 4.69) is 30.6 Å². The average molecular weight is 339 g/mol. The van der Waals surface area contributed by atoms with Gasteiger partial charge in [-0.3, -0.25) is 0 Å². The molecule has 0 spiro atoms. The molecule has 0 aliphatic carbocycles. The summed E-state index contributed by atoms with van der Waals surface area (Å²) in [4.78, 5) is 14.5. The number of carboxylic acids is 1. The molecule has 0 aliphatic heterocycles. The van der Waals surface area contributed by atoms with E-state index in [1.165, 1.54) is 12.5 Å².